The quantitative estimate of drug-likeness (QED) is 0.452. The summed E-state index contributed by atoms with van der Waals surface area (Å²) in [6.45, 7) is 10.7. The lowest BCUT2D eigenvalue weighted by Crippen LogP contribution is -2.51. The molecule has 1 aromatic rings. The smallest absolute Gasteiger partial charge is 0.150 e. The Labute approximate surface area is 120 Å². The van der Waals surface area contributed by atoms with Crippen LogP contribution >= 0.6 is 11.6 Å². The molecule has 0 amide bonds. The molecule has 1 aliphatic rings. The Morgan fingerprint density at radius 1 is 1.47 bits per heavy atom. The summed E-state index contributed by atoms with van der Waals surface area (Å²) in [4.78, 5) is 13.4. The van der Waals surface area contributed by atoms with Gasteiger partial charge in [0.1, 0.15) is 11.8 Å². The Kier molecular flexibility index (Phi) is 3.65. The van der Waals surface area contributed by atoms with E-state index in [0.717, 1.165) is 23.8 Å². The molecule has 0 aromatic heterocycles. The maximum Gasteiger partial charge on any atom is 0.150 e. The number of halogens is 1. The number of aldehydes is 1. The number of rotatable bonds is 2. The standard InChI is InChI=1S/C16H22ClNO/c1-10-6-15-14(7-13(10)9-19)11(2)8-16(4,5)18(15)12(3)17/h6-7,9,11-12H,8H2,1-5H3. The largest absolute Gasteiger partial charge is 0.350 e. The second kappa shape index (κ2) is 4.82. The minimum Gasteiger partial charge on any atom is -0.350 e. The van der Waals surface area contributed by atoms with Gasteiger partial charge in [-0.2, -0.15) is 0 Å². The molecule has 2 nitrogen and oxygen atoms in total. The van der Waals surface area contributed by atoms with E-state index in [1.54, 1.807) is 0 Å². The number of alkyl halides is 1. The van der Waals surface area contributed by atoms with Gasteiger partial charge in [-0.15, -0.1) is 0 Å². The van der Waals surface area contributed by atoms with Crippen LogP contribution in [-0.2, 0) is 0 Å². The van der Waals surface area contributed by atoms with Crippen LogP contribution in [0, 0.1) is 6.92 Å². The molecule has 19 heavy (non-hydrogen) atoms. The van der Waals surface area contributed by atoms with Gasteiger partial charge in [-0.1, -0.05) is 18.5 Å². The van der Waals surface area contributed by atoms with Crippen molar-refractivity contribution >= 4 is 23.6 Å². The number of carbonyl (C=O) groups is 1. The number of hydrogen-bond acceptors (Lipinski definition) is 2. The summed E-state index contributed by atoms with van der Waals surface area (Å²) in [5, 5.41) is 0. The number of benzene rings is 1. The van der Waals surface area contributed by atoms with E-state index in [2.05, 4.69) is 31.7 Å². The lowest BCUT2D eigenvalue weighted by Gasteiger charge is -2.49. The van der Waals surface area contributed by atoms with E-state index >= 15 is 0 Å². The van der Waals surface area contributed by atoms with E-state index in [1.807, 2.05) is 19.9 Å². The molecule has 0 bridgehead atoms. The second-order valence-electron chi connectivity index (χ2n) is 6.25. The second-order valence-corrected chi connectivity index (χ2v) is 6.88. The fraction of sp³-hybridized carbons (Fsp3) is 0.562. The van der Waals surface area contributed by atoms with Crippen LogP contribution < -0.4 is 4.90 Å². The molecule has 2 unspecified atom stereocenters. The highest BCUT2D eigenvalue weighted by molar-refractivity contribution is 6.21. The summed E-state index contributed by atoms with van der Waals surface area (Å²) in [6.07, 6.45) is 1.98. The number of hydrogen-bond donors (Lipinski definition) is 0. The van der Waals surface area contributed by atoms with E-state index < -0.39 is 0 Å². The van der Waals surface area contributed by atoms with Crippen molar-refractivity contribution in [3.8, 4) is 0 Å². The molecule has 0 N–H and O–H groups in total. The van der Waals surface area contributed by atoms with Gasteiger partial charge in [0.2, 0.25) is 0 Å². The van der Waals surface area contributed by atoms with E-state index in [4.69, 9.17) is 11.6 Å². The van der Waals surface area contributed by atoms with Gasteiger partial charge < -0.3 is 4.90 Å². The summed E-state index contributed by atoms with van der Waals surface area (Å²) in [7, 11) is 0. The number of aryl methyl sites for hydroxylation is 1. The SMILES string of the molecule is Cc1cc2c(cc1C=O)C(C)CC(C)(C)N2C(C)Cl. The van der Waals surface area contributed by atoms with E-state index in [1.165, 1.54) is 11.3 Å². The summed E-state index contributed by atoms with van der Waals surface area (Å²) in [6, 6.07) is 4.14. The number of carbonyl (C=O) groups excluding carboxylic acids is 1. The van der Waals surface area contributed by atoms with Gasteiger partial charge in [-0.25, -0.2) is 0 Å². The van der Waals surface area contributed by atoms with Crippen LogP contribution in [0.1, 0.15) is 61.5 Å². The monoisotopic (exact) mass is 279 g/mol. The number of fused-ring (bicyclic) bond motifs is 1. The fourth-order valence-electron chi connectivity index (χ4n) is 3.41. The first kappa shape index (κ1) is 14.4. The number of nitrogens with zero attached hydrogens (tertiary/aromatic N) is 1. The van der Waals surface area contributed by atoms with Crippen LogP contribution in [0.15, 0.2) is 12.1 Å². The average Bonchev–Trinajstić information content (AvgIpc) is 2.26. The molecule has 2 rings (SSSR count). The lowest BCUT2D eigenvalue weighted by molar-refractivity contribution is 0.112. The van der Waals surface area contributed by atoms with Crippen LogP contribution in [0.5, 0.6) is 0 Å². The first-order valence-electron chi connectivity index (χ1n) is 6.81. The first-order chi connectivity index (χ1) is 8.77. The molecule has 0 saturated heterocycles. The topological polar surface area (TPSA) is 20.3 Å². The van der Waals surface area contributed by atoms with Gasteiger partial charge >= 0.3 is 0 Å². The van der Waals surface area contributed by atoms with Crippen molar-refractivity contribution in [1.29, 1.82) is 0 Å². The highest BCUT2D eigenvalue weighted by Gasteiger charge is 2.38. The zero-order valence-corrected chi connectivity index (χ0v) is 13.1. The molecule has 0 fully saturated rings. The zero-order valence-electron chi connectivity index (χ0n) is 12.3. The first-order valence-corrected chi connectivity index (χ1v) is 7.24. The molecule has 3 heteroatoms. The Balaban J connectivity index is 2.65. The summed E-state index contributed by atoms with van der Waals surface area (Å²) in [5.74, 6) is 0.441. The highest BCUT2D eigenvalue weighted by Crippen LogP contribution is 2.45. The Hall–Kier alpha value is -1.02. The predicted molar refractivity (Wildman–Crippen MR) is 81.5 cm³/mol. The fourth-order valence-corrected chi connectivity index (χ4v) is 3.78. The van der Waals surface area contributed by atoms with Crippen molar-refractivity contribution in [3.05, 3.63) is 28.8 Å². The van der Waals surface area contributed by atoms with Crippen LogP contribution in [-0.4, -0.2) is 17.3 Å². The van der Waals surface area contributed by atoms with Crippen LogP contribution in [0.2, 0.25) is 0 Å². The van der Waals surface area contributed by atoms with Gasteiger partial charge in [-0.3, -0.25) is 4.79 Å². The minimum atomic E-state index is -0.0669. The summed E-state index contributed by atoms with van der Waals surface area (Å²) >= 11 is 6.40. The van der Waals surface area contributed by atoms with Crippen molar-refractivity contribution in [2.45, 2.75) is 58.0 Å². The van der Waals surface area contributed by atoms with Crippen molar-refractivity contribution in [1.82, 2.24) is 0 Å². The molecular formula is C16H22ClNO. The predicted octanol–water partition coefficient (Wildman–Crippen LogP) is 4.48. The lowest BCUT2D eigenvalue weighted by atomic mass is 9.79. The van der Waals surface area contributed by atoms with Crippen molar-refractivity contribution in [2.75, 3.05) is 4.90 Å². The Bertz CT molecular complexity index is 508. The van der Waals surface area contributed by atoms with Crippen molar-refractivity contribution in [3.63, 3.8) is 0 Å². The molecule has 1 aromatic carbocycles. The Morgan fingerprint density at radius 2 is 2.11 bits per heavy atom. The molecule has 1 aliphatic heterocycles. The summed E-state index contributed by atoms with van der Waals surface area (Å²) < 4.78 is 0. The van der Waals surface area contributed by atoms with E-state index in [9.17, 15) is 4.79 Å². The van der Waals surface area contributed by atoms with Crippen LogP contribution in [0.4, 0.5) is 5.69 Å². The van der Waals surface area contributed by atoms with Crippen LogP contribution in [0.3, 0.4) is 0 Å². The minimum absolute atomic E-state index is 0.0305. The van der Waals surface area contributed by atoms with Crippen molar-refractivity contribution in [2.24, 2.45) is 0 Å². The molecule has 104 valence electrons. The van der Waals surface area contributed by atoms with E-state index in [-0.39, 0.29) is 11.0 Å². The van der Waals surface area contributed by atoms with Gasteiger partial charge in [0.25, 0.3) is 0 Å². The van der Waals surface area contributed by atoms with Gasteiger partial charge in [0.05, 0.1) is 0 Å². The maximum absolute atomic E-state index is 11.1. The molecule has 0 saturated carbocycles. The van der Waals surface area contributed by atoms with Gasteiger partial charge in [0.15, 0.2) is 0 Å². The van der Waals surface area contributed by atoms with Gasteiger partial charge in [-0.05, 0) is 63.3 Å². The third-order valence-corrected chi connectivity index (χ3v) is 4.34. The highest BCUT2D eigenvalue weighted by atomic mass is 35.5. The molecule has 0 aliphatic carbocycles. The van der Waals surface area contributed by atoms with Crippen molar-refractivity contribution < 1.29 is 4.79 Å². The Morgan fingerprint density at radius 3 is 2.63 bits per heavy atom. The summed E-state index contributed by atoms with van der Waals surface area (Å²) in [5.41, 5.74) is 4.17. The van der Waals surface area contributed by atoms with Crippen LogP contribution in [0.25, 0.3) is 0 Å². The number of anilines is 1. The molecule has 0 radical (unpaired) electrons. The molecule has 2 atom stereocenters. The van der Waals surface area contributed by atoms with E-state index in [0.29, 0.717) is 5.92 Å². The third-order valence-electron chi connectivity index (χ3n) is 4.15. The average molecular weight is 280 g/mol. The molecule has 0 spiro atoms. The molecular weight excluding hydrogens is 258 g/mol. The normalized spacial score (nSPS) is 22.8. The zero-order chi connectivity index (χ0) is 14.4. The molecule has 1 heterocycles. The maximum atomic E-state index is 11.1. The third kappa shape index (κ3) is 2.38. The van der Waals surface area contributed by atoms with Gasteiger partial charge in [0, 0.05) is 16.8 Å².